The lowest BCUT2D eigenvalue weighted by atomic mass is 10.0. The molecule has 0 aliphatic carbocycles. The molecule has 2 atom stereocenters. The average Bonchev–Trinajstić information content (AvgIpc) is 2.54. The summed E-state index contributed by atoms with van der Waals surface area (Å²) in [6, 6.07) is 8.95. The Kier molecular flexibility index (Phi) is 6.99. The third-order valence-electron chi connectivity index (χ3n) is 3.84. The predicted octanol–water partition coefficient (Wildman–Crippen LogP) is 0.0544. The van der Waals surface area contributed by atoms with Crippen LogP contribution >= 0.6 is 0 Å². The Bertz CT molecular complexity index is 598. The molecular weight excluding hydrogens is 327 g/mol. The molecule has 9 heteroatoms. The second-order valence-electron chi connectivity index (χ2n) is 5.56. The monoisotopic (exact) mass is 348 g/mol. The molecule has 0 spiro atoms. The summed E-state index contributed by atoms with van der Waals surface area (Å²) in [5.74, 6) is -0.200. The Balaban J connectivity index is 1.82. The van der Waals surface area contributed by atoms with Gasteiger partial charge >= 0.3 is 13.4 Å². The number of rotatable bonds is 8. The first-order valence-corrected chi connectivity index (χ1v) is 7.91. The minimum Gasteiger partial charge on any atom is -0.447 e. The van der Waals surface area contributed by atoms with Gasteiger partial charge in [-0.3, -0.25) is 10.1 Å². The van der Waals surface area contributed by atoms with Crippen molar-refractivity contribution in [3.63, 3.8) is 0 Å². The SMILES string of the molecule is C=CC(=O)N1CC[C@H]1COC(=O)N[C@@H](Cc1ccccc1)OB(O)O. The third kappa shape index (κ3) is 5.89. The van der Waals surface area contributed by atoms with E-state index in [0.717, 1.165) is 12.0 Å². The number of nitrogens with one attached hydrogen (secondary N) is 1. The van der Waals surface area contributed by atoms with Gasteiger partial charge in [0, 0.05) is 13.0 Å². The molecule has 1 fully saturated rings. The topological polar surface area (TPSA) is 108 Å². The first-order chi connectivity index (χ1) is 12.0. The Hall–Kier alpha value is -2.36. The van der Waals surface area contributed by atoms with Crippen LogP contribution in [0.4, 0.5) is 4.79 Å². The number of carbonyl (C=O) groups is 2. The molecule has 1 aromatic rings. The summed E-state index contributed by atoms with van der Waals surface area (Å²) >= 11 is 0. The van der Waals surface area contributed by atoms with E-state index < -0.39 is 19.6 Å². The van der Waals surface area contributed by atoms with Gasteiger partial charge in [-0.15, -0.1) is 0 Å². The summed E-state index contributed by atoms with van der Waals surface area (Å²) in [4.78, 5) is 25.0. The van der Waals surface area contributed by atoms with E-state index in [0.29, 0.717) is 6.54 Å². The molecule has 1 heterocycles. The first kappa shape index (κ1) is 19.0. The molecule has 1 aliphatic heterocycles. The number of hydrogen-bond donors (Lipinski definition) is 3. The highest BCUT2D eigenvalue weighted by molar-refractivity contribution is 6.32. The number of carbonyl (C=O) groups excluding carboxylic acids is 2. The van der Waals surface area contributed by atoms with Crippen LogP contribution in [0.25, 0.3) is 0 Å². The summed E-state index contributed by atoms with van der Waals surface area (Å²) in [5, 5.41) is 20.4. The van der Waals surface area contributed by atoms with Crippen molar-refractivity contribution in [1.82, 2.24) is 10.2 Å². The minimum absolute atomic E-state index is 0.0468. The lowest BCUT2D eigenvalue weighted by Gasteiger charge is -2.39. The van der Waals surface area contributed by atoms with Gasteiger partial charge in [0.05, 0.1) is 6.04 Å². The second-order valence-corrected chi connectivity index (χ2v) is 5.56. The van der Waals surface area contributed by atoms with E-state index in [1.54, 1.807) is 4.90 Å². The number of benzene rings is 1. The summed E-state index contributed by atoms with van der Waals surface area (Å²) in [7, 11) is -2.03. The van der Waals surface area contributed by atoms with E-state index in [-0.39, 0.29) is 25.0 Å². The van der Waals surface area contributed by atoms with Crippen LogP contribution in [-0.2, 0) is 20.6 Å². The zero-order valence-electron chi connectivity index (χ0n) is 13.7. The van der Waals surface area contributed by atoms with Crippen molar-refractivity contribution in [3.8, 4) is 0 Å². The standard InChI is InChI=1S/C16H21BN2O6/c1-2-15(20)19-9-8-13(19)11-24-16(21)18-14(25-17(22)23)10-12-6-4-3-5-7-12/h2-7,13-14,22-23H,1,8-11H2,(H,18,21)/t13-,14+/m0/s1. The van der Waals surface area contributed by atoms with Crippen LogP contribution < -0.4 is 5.32 Å². The molecule has 2 rings (SSSR count). The molecule has 1 saturated heterocycles. The summed E-state index contributed by atoms with van der Waals surface area (Å²) < 4.78 is 9.97. The van der Waals surface area contributed by atoms with Crippen LogP contribution in [0.2, 0.25) is 0 Å². The van der Waals surface area contributed by atoms with Gasteiger partial charge in [-0.2, -0.15) is 0 Å². The maximum absolute atomic E-state index is 11.9. The highest BCUT2D eigenvalue weighted by Gasteiger charge is 2.32. The van der Waals surface area contributed by atoms with E-state index in [1.807, 2.05) is 30.3 Å². The van der Waals surface area contributed by atoms with Crippen LogP contribution in [0.5, 0.6) is 0 Å². The zero-order valence-corrected chi connectivity index (χ0v) is 13.7. The average molecular weight is 348 g/mol. The zero-order chi connectivity index (χ0) is 18.2. The number of alkyl carbamates (subject to hydrolysis) is 1. The Morgan fingerprint density at radius 2 is 2.12 bits per heavy atom. The van der Waals surface area contributed by atoms with Crippen molar-refractivity contribution in [2.24, 2.45) is 0 Å². The largest absolute Gasteiger partial charge is 0.635 e. The number of nitrogens with zero attached hydrogens (tertiary/aromatic N) is 1. The van der Waals surface area contributed by atoms with Crippen LogP contribution in [0.1, 0.15) is 12.0 Å². The van der Waals surface area contributed by atoms with Gasteiger partial charge < -0.3 is 24.3 Å². The van der Waals surface area contributed by atoms with Crippen molar-refractivity contribution in [2.75, 3.05) is 13.2 Å². The molecule has 1 aromatic carbocycles. The van der Waals surface area contributed by atoms with Gasteiger partial charge in [0.2, 0.25) is 5.91 Å². The molecule has 0 saturated carbocycles. The van der Waals surface area contributed by atoms with Gasteiger partial charge in [0.1, 0.15) is 12.8 Å². The van der Waals surface area contributed by atoms with Gasteiger partial charge in [-0.05, 0) is 18.1 Å². The Morgan fingerprint density at radius 1 is 1.40 bits per heavy atom. The highest BCUT2D eigenvalue weighted by Crippen LogP contribution is 2.18. The van der Waals surface area contributed by atoms with E-state index in [1.165, 1.54) is 6.08 Å². The van der Waals surface area contributed by atoms with E-state index >= 15 is 0 Å². The van der Waals surface area contributed by atoms with Gasteiger partial charge in [0.25, 0.3) is 0 Å². The van der Waals surface area contributed by atoms with Crippen molar-refractivity contribution < 1.29 is 29.0 Å². The summed E-state index contributed by atoms with van der Waals surface area (Å²) in [5.41, 5.74) is 0.843. The highest BCUT2D eigenvalue weighted by atomic mass is 16.6. The van der Waals surface area contributed by atoms with Crippen LogP contribution in [0.3, 0.4) is 0 Å². The third-order valence-corrected chi connectivity index (χ3v) is 3.84. The Morgan fingerprint density at radius 3 is 2.68 bits per heavy atom. The maximum atomic E-state index is 11.9. The van der Waals surface area contributed by atoms with Crippen LogP contribution in [0.15, 0.2) is 43.0 Å². The van der Waals surface area contributed by atoms with Crippen LogP contribution in [-0.4, -0.2) is 59.7 Å². The number of ether oxygens (including phenoxy) is 1. The van der Waals surface area contributed by atoms with Crippen molar-refractivity contribution in [1.29, 1.82) is 0 Å². The molecular formula is C16H21BN2O6. The number of likely N-dealkylation sites (tertiary alicyclic amines) is 1. The fourth-order valence-electron chi connectivity index (χ4n) is 2.47. The smallest absolute Gasteiger partial charge is 0.447 e. The molecule has 0 aromatic heterocycles. The second kappa shape index (κ2) is 9.21. The van der Waals surface area contributed by atoms with Crippen LogP contribution in [0, 0.1) is 0 Å². The minimum atomic E-state index is -2.03. The lowest BCUT2D eigenvalue weighted by Crippen LogP contribution is -2.53. The number of hydrogen-bond acceptors (Lipinski definition) is 6. The summed E-state index contributed by atoms with van der Waals surface area (Å²) in [6.45, 7) is 4.08. The Labute approximate surface area is 146 Å². The fourth-order valence-corrected chi connectivity index (χ4v) is 2.47. The molecule has 25 heavy (non-hydrogen) atoms. The number of amides is 2. The fraction of sp³-hybridized carbons (Fsp3) is 0.375. The summed E-state index contributed by atoms with van der Waals surface area (Å²) in [6.07, 6.45) is 0.463. The van der Waals surface area contributed by atoms with E-state index in [4.69, 9.17) is 19.4 Å². The first-order valence-electron chi connectivity index (χ1n) is 7.91. The quantitative estimate of drug-likeness (QED) is 0.348. The van der Waals surface area contributed by atoms with E-state index in [2.05, 4.69) is 11.9 Å². The molecule has 0 radical (unpaired) electrons. The van der Waals surface area contributed by atoms with Gasteiger partial charge in [-0.25, -0.2) is 4.79 Å². The molecule has 8 nitrogen and oxygen atoms in total. The van der Waals surface area contributed by atoms with Gasteiger partial charge in [0.15, 0.2) is 0 Å². The van der Waals surface area contributed by atoms with Crippen molar-refractivity contribution in [2.45, 2.75) is 25.1 Å². The normalized spacial score (nSPS) is 17.2. The molecule has 134 valence electrons. The molecule has 1 aliphatic rings. The molecule has 3 N–H and O–H groups in total. The van der Waals surface area contributed by atoms with E-state index in [9.17, 15) is 9.59 Å². The molecule has 2 amide bonds. The van der Waals surface area contributed by atoms with Gasteiger partial charge in [-0.1, -0.05) is 36.9 Å². The predicted molar refractivity (Wildman–Crippen MR) is 90.0 cm³/mol. The maximum Gasteiger partial charge on any atom is 0.635 e. The van der Waals surface area contributed by atoms with Crippen molar-refractivity contribution in [3.05, 3.63) is 48.6 Å². The van der Waals surface area contributed by atoms with Crippen molar-refractivity contribution >= 4 is 19.3 Å². The molecule has 0 bridgehead atoms. The molecule has 0 unspecified atom stereocenters. The lowest BCUT2D eigenvalue weighted by molar-refractivity contribution is -0.135.